The molecule has 74 valence electrons. The van der Waals surface area contributed by atoms with Crippen molar-refractivity contribution in [2.24, 2.45) is 5.73 Å². The Hall–Kier alpha value is -0.0900. The third-order valence-electron chi connectivity index (χ3n) is 1.86. The van der Waals surface area contributed by atoms with E-state index < -0.39 is 9.84 Å². The summed E-state index contributed by atoms with van der Waals surface area (Å²) in [5.41, 5.74) is 5.67. The van der Waals surface area contributed by atoms with Gasteiger partial charge in [-0.05, 0) is 19.3 Å². The Morgan fingerprint density at radius 1 is 1.33 bits per heavy atom. The molecule has 0 aliphatic rings. The topological polar surface area (TPSA) is 60.2 Å². The fourth-order valence-corrected chi connectivity index (χ4v) is 1.70. The average Bonchev–Trinajstić information content (AvgIpc) is 1.96. The minimum absolute atomic E-state index is 0.240. The molecule has 0 saturated heterocycles. The molecule has 12 heavy (non-hydrogen) atoms. The van der Waals surface area contributed by atoms with Gasteiger partial charge in [0.2, 0.25) is 0 Å². The van der Waals surface area contributed by atoms with Crippen molar-refractivity contribution >= 4 is 9.84 Å². The molecule has 0 spiro atoms. The highest BCUT2D eigenvalue weighted by Crippen LogP contribution is 2.03. The quantitative estimate of drug-likeness (QED) is 0.639. The van der Waals surface area contributed by atoms with E-state index in [1.54, 1.807) is 0 Å². The molecule has 0 radical (unpaired) electrons. The summed E-state index contributed by atoms with van der Waals surface area (Å²) in [6.07, 6.45) is 4.84. The first-order valence-corrected chi connectivity index (χ1v) is 6.45. The molecule has 4 heteroatoms. The SMILES string of the molecule is CCC(N)CCCCS(C)(=O)=O. The largest absolute Gasteiger partial charge is 0.328 e. The molecule has 0 saturated carbocycles. The van der Waals surface area contributed by atoms with Gasteiger partial charge < -0.3 is 5.73 Å². The van der Waals surface area contributed by atoms with Crippen LogP contribution in [0.2, 0.25) is 0 Å². The van der Waals surface area contributed by atoms with E-state index in [9.17, 15) is 8.42 Å². The van der Waals surface area contributed by atoms with Crippen molar-refractivity contribution in [1.29, 1.82) is 0 Å². The van der Waals surface area contributed by atoms with Crippen molar-refractivity contribution in [3.8, 4) is 0 Å². The molecule has 1 unspecified atom stereocenters. The van der Waals surface area contributed by atoms with Gasteiger partial charge in [-0.25, -0.2) is 8.42 Å². The summed E-state index contributed by atoms with van der Waals surface area (Å²) in [7, 11) is -2.77. The zero-order valence-corrected chi connectivity index (χ0v) is 8.73. The summed E-state index contributed by atoms with van der Waals surface area (Å²) < 4.78 is 21.4. The number of unbranched alkanes of at least 4 members (excludes halogenated alkanes) is 1. The second kappa shape index (κ2) is 5.54. The fourth-order valence-electron chi connectivity index (χ4n) is 0.975. The van der Waals surface area contributed by atoms with Crippen LogP contribution >= 0.6 is 0 Å². The normalized spacial score (nSPS) is 14.6. The van der Waals surface area contributed by atoms with Gasteiger partial charge in [-0.1, -0.05) is 13.3 Å². The van der Waals surface area contributed by atoms with Gasteiger partial charge in [-0.2, -0.15) is 0 Å². The van der Waals surface area contributed by atoms with Crippen LogP contribution in [0.3, 0.4) is 0 Å². The average molecular weight is 193 g/mol. The molecule has 0 rings (SSSR count). The van der Waals surface area contributed by atoms with Crippen LogP contribution in [0.1, 0.15) is 32.6 Å². The van der Waals surface area contributed by atoms with Crippen LogP contribution in [0.5, 0.6) is 0 Å². The van der Waals surface area contributed by atoms with Gasteiger partial charge in [0.1, 0.15) is 9.84 Å². The van der Waals surface area contributed by atoms with Crippen LogP contribution in [0.15, 0.2) is 0 Å². The van der Waals surface area contributed by atoms with E-state index in [0.717, 1.165) is 25.7 Å². The minimum Gasteiger partial charge on any atom is -0.328 e. The molecule has 0 bridgehead atoms. The summed E-state index contributed by atoms with van der Waals surface area (Å²) in [5.74, 6) is 0.295. The van der Waals surface area contributed by atoms with E-state index in [1.807, 2.05) is 6.92 Å². The van der Waals surface area contributed by atoms with Gasteiger partial charge in [0.25, 0.3) is 0 Å². The maximum Gasteiger partial charge on any atom is 0.147 e. The van der Waals surface area contributed by atoms with Crippen molar-refractivity contribution in [3.05, 3.63) is 0 Å². The highest BCUT2D eigenvalue weighted by Gasteiger charge is 2.03. The Balaban J connectivity index is 3.34. The van der Waals surface area contributed by atoms with Crippen LogP contribution < -0.4 is 5.73 Å². The first kappa shape index (κ1) is 11.9. The zero-order valence-electron chi connectivity index (χ0n) is 7.91. The van der Waals surface area contributed by atoms with E-state index >= 15 is 0 Å². The maximum atomic E-state index is 10.7. The maximum absolute atomic E-state index is 10.7. The van der Waals surface area contributed by atoms with Crippen molar-refractivity contribution in [2.75, 3.05) is 12.0 Å². The number of hydrogen-bond acceptors (Lipinski definition) is 3. The Morgan fingerprint density at radius 3 is 2.33 bits per heavy atom. The lowest BCUT2D eigenvalue weighted by Gasteiger charge is -2.06. The van der Waals surface area contributed by atoms with Crippen LogP contribution in [-0.4, -0.2) is 26.5 Å². The summed E-state index contributed by atoms with van der Waals surface area (Å²) in [6, 6.07) is 0.240. The summed E-state index contributed by atoms with van der Waals surface area (Å²) >= 11 is 0. The molecule has 0 aromatic carbocycles. The predicted octanol–water partition coefficient (Wildman–Crippen LogP) is 0.939. The number of nitrogens with two attached hydrogens (primary N) is 1. The summed E-state index contributed by atoms with van der Waals surface area (Å²) in [4.78, 5) is 0. The van der Waals surface area contributed by atoms with Gasteiger partial charge in [-0.15, -0.1) is 0 Å². The lowest BCUT2D eigenvalue weighted by Crippen LogP contribution is -2.18. The van der Waals surface area contributed by atoms with Gasteiger partial charge in [-0.3, -0.25) is 0 Å². The predicted molar refractivity (Wildman–Crippen MR) is 51.8 cm³/mol. The number of sulfone groups is 1. The molecule has 0 aromatic heterocycles. The Kier molecular flexibility index (Phi) is 5.50. The van der Waals surface area contributed by atoms with Crippen LogP contribution in [0, 0.1) is 0 Å². The molecule has 1 atom stereocenters. The Bertz CT molecular complexity index is 199. The Morgan fingerprint density at radius 2 is 1.92 bits per heavy atom. The lowest BCUT2D eigenvalue weighted by molar-refractivity contribution is 0.556. The third-order valence-corrected chi connectivity index (χ3v) is 2.89. The smallest absolute Gasteiger partial charge is 0.147 e. The summed E-state index contributed by atoms with van der Waals surface area (Å²) in [5, 5.41) is 0. The van der Waals surface area contributed by atoms with Crippen LogP contribution in [0.25, 0.3) is 0 Å². The Labute approximate surface area is 75.3 Å². The molecule has 0 aliphatic carbocycles. The molecule has 0 fully saturated rings. The standard InChI is InChI=1S/C8H19NO2S/c1-3-8(9)6-4-5-7-12(2,10)11/h8H,3-7,9H2,1-2H3. The third kappa shape index (κ3) is 8.01. The first-order chi connectivity index (χ1) is 5.45. The van der Waals surface area contributed by atoms with Gasteiger partial charge in [0.15, 0.2) is 0 Å². The molecule has 3 nitrogen and oxygen atoms in total. The lowest BCUT2D eigenvalue weighted by atomic mass is 10.1. The van der Waals surface area contributed by atoms with E-state index in [-0.39, 0.29) is 6.04 Å². The van der Waals surface area contributed by atoms with Crippen LogP contribution in [0.4, 0.5) is 0 Å². The van der Waals surface area contributed by atoms with Gasteiger partial charge in [0, 0.05) is 18.1 Å². The molecule has 0 aromatic rings. The molecule has 0 aliphatic heterocycles. The monoisotopic (exact) mass is 193 g/mol. The molecular weight excluding hydrogens is 174 g/mol. The van der Waals surface area contributed by atoms with Gasteiger partial charge in [0.05, 0.1) is 0 Å². The van der Waals surface area contributed by atoms with Gasteiger partial charge >= 0.3 is 0 Å². The molecule has 2 N–H and O–H groups in total. The van der Waals surface area contributed by atoms with Crippen molar-refractivity contribution in [1.82, 2.24) is 0 Å². The highest BCUT2D eigenvalue weighted by atomic mass is 32.2. The number of hydrogen-bond donors (Lipinski definition) is 1. The second-order valence-electron chi connectivity index (χ2n) is 3.29. The first-order valence-electron chi connectivity index (χ1n) is 4.39. The fraction of sp³-hybridized carbons (Fsp3) is 1.00. The van der Waals surface area contributed by atoms with E-state index in [0.29, 0.717) is 5.75 Å². The van der Waals surface area contributed by atoms with Crippen molar-refractivity contribution in [2.45, 2.75) is 38.6 Å². The molecular formula is C8H19NO2S. The second-order valence-corrected chi connectivity index (χ2v) is 5.55. The van der Waals surface area contributed by atoms with Crippen molar-refractivity contribution in [3.63, 3.8) is 0 Å². The number of rotatable bonds is 6. The van der Waals surface area contributed by atoms with E-state index in [1.165, 1.54) is 6.26 Å². The summed E-state index contributed by atoms with van der Waals surface area (Å²) in [6.45, 7) is 2.04. The van der Waals surface area contributed by atoms with E-state index in [4.69, 9.17) is 5.73 Å². The molecule has 0 heterocycles. The van der Waals surface area contributed by atoms with Crippen LogP contribution in [-0.2, 0) is 9.84 Å². The highest BCUT2D eigenvalue weighted by molar-refractivity contribution is 7.90. The van der Waals surface area contributed by atoms with E-state index in [2.05, 4.69) is 0 Å². The molecule has 0 amide bonds. The zero-order chi connectivity index (χ0) is 9.61. The van der Waals surface area contributed by atoms with Crippen molar-refractivity contribution < 1.29 is 8.42 Å². The minimum atomic E-state index is -2.77.